The highest BCUT2D eigenvalue weighted by Crippen LogP contribution is 2.34. The highest BCUT2D eigenvalue weighted by Gasteiger charge is 2.24. The van der Waals surface area contributed by atoms with E-state index >= 15 is 0 Å². The normalized spacial score (nSPS) is 19.7. The lowest BCUT2D eigenvalue weighted by Gasteiger charge is -2.24. The monoisotopic (exact) mass is 208 g/mol. The smallest absolute Gasteiger partial charge is 0.303 e. The Hall–Kier alpha value is -1.38. The van der Waals surface area contributed by atoms with Crippen molar-refractivity contribution in [3.63, 3.8) is 0 Å². The number of carboxylic acids is 1. The van der Waals surface area contributed by atoms with E-state index in [9.17, 15) is 9.18 Å². The van der Waals surface area contributed by atoms with Gasteiger partial charge in [-0.3, -0.25) is 4.79 Å². The van der Waals surface area contributed by atoms with Gasteiger partial charge in [-0.25, -0.2) is 4.39 Å². The van der Waals surface area contributed by atoms with E-state index in [0.717, 1.165) is 30.4 Å². The molecule has 3 heteroatoms. The van der Waals surface area contributed by atoms with Crippen molar-refractivity contribution in [3.05, 3.63) is 35.1 Å². The predicted molar refractivity (Wildman–Crippen MR) is 54.3 cm³/mol. The lowest BCUT2D eigenvalue weighted by Crippen LogP contribution is -2.14. The molecule has 0 fully saturated rings. The summed E-state index contributed by atoms with van der Waals surface area (Å²) in [6, 6.07) is 4.96. The van der Waals surface area contributed by atoms with E-state index in [4.69, 9.17) is 5.11 Å². The second-order valence-electron chi connectivity index (χ2n) is 3.99. The molecular formula is C12H13FO2. The second-order valence-corrected chi connectivity index (χ2v) is 3.99. The van der Waals surface area contributed by atoms with E-state index in [1.54, 1.807) is 6.07 Å². The molecule has 1 N–H and O–H groups in total. The lowest BCUT2D eigenvalue weighted by atomic mass is 9.81. The Morgan fingerprint density at radius 1 is 1.53 bits per heavy atom. The van der Waals surface area contributed by atoms with Crippen LogP contribution >= 0.6 is 0 Å². The highest BCUT2D eigenvalue weighted by atomic mass is 19.1. The number of rotatable bonds is 2. The maximum absolute atomic E-state index is 13.4. The van der Waals surface area contributed by atoms with Crippen LogP contribution in [-0.2, 0) is 11.2 Å². The topological polar surface area (TPSA) is 37.3 Å². The molecule has 0 spiro atoms. The van der Waals surface area contributed by atoms with Gasteiger partial charge in [-0.2, -0.15) is 0 Å². The van der Waals surface area contributed by atoms with E-state index in [1.807, 2.05) is 6.07 Å². The minimum absolute atomic E-state index is 0.0121. The number of halogens is 1. The number of fused-ring (bicyclic) bond motifs is 1. The van der Waals surface area contributed by atoms with Gasteiger partial charge in [0.15, 0.2) is 0 Å². The van der Waals surface area contributed by atoms with Gasteiger partial charge in [-0.05, 0) is 42.4 Å². The number of hydrogen-bond donors (Lipinski definition) is 1. The third-order valence-electron chi connectivity index (χ3n) is 3.00. The molecule has 2 rings (SSSR count). The maximum Gasteiger partial charge on any atom is 0.303 e. The van der Waals surface area contributed by atoms with Crippen molar-refractivity contribution in [2.24, 2.45) is 0 Å². The van der Waals surface area contributed by atoms with E-state index in [-0.39, 0.29) is 18.2 Å². The average Bonchev–Trinajstić information content (AvgIpc) is 2.19. The van der Waals surface area contributed by atoms with Gasteiger partial charge in [-0.15, -0.1) is 0 Å². The zero-order valence-corrected chi connectivity index (χ0v) is 8.37. The number of carboxylic acid groups (broad SMARTS) is 1. The zero-order chi connectivity index (χ0) is 10.8. The van der Waals surface area contributed by atoms with Gasteiger partial charge in [0.05, 0.1) is 6.42 Å². The maximum atomic E-state index is 13.4. The first kappa shape index (κ1) is 10.1. The SMILES string of the molecule is O=C(O)CC1CCCc2c(F)cccc21. The molecule has 1 atom stereocenters. The van der Waals surface area contributed by atoms with Crippen molar-refractivity contribution >= 4 is 5.97 Å². The fraction of sp³-hybridized carbons (Fsp3) is 0.417. The summed E-state index contributed by atoms with van der Waals surface area (Å²) in [4.78, 5) is 10.7. The van der Waals surface area contributed by atoms with Crippen molar-refractivity contribution < 1.29 is 14.3 Å². The Kier molecular flexibility index (Phi) is 2.71. The van der Waals surface area contributed by atoms with Crippen LogP contribution in [0.3, 0.4) is 0 Å². The molecule has 0 radical (unpaired) electrons. The third kappa shape index (κ3) is 2.01. The largest absolute Gasteiger partial charge is 0.481 e. The first-order chi connectivity index (χ1) is 7.18. The molecule has 0 bridgehead atoms. The molecule has 15 heavy (non-hydrogen) atoms. The summed E-state index contributed by atoms with van der Waals surface area (Å²) in [5.41, 5.74) is 1.61. The van der Waals surface area contributed by atoms with Crippen molar-refractivity contribution in [1.82, 2.24) is 0 Å². The van der Waals surface area contributed by atoms with Crippen molar-refractivity contribution in [2.75, 3.05) is 0 Å². The zero-order valence-electron chi connectivity index (χ0n) is 8.37. The molecule has 1 aliphatic carbocycles. The molecular weight excluding hydrogens is 195 g/mol. The van der Waals surface area contributed by atoms with Gasteiger partial charge in [0.25, 0.3) is 0 Å². The summed E-state index contributed by atoms with van der Waals surface area (Å²) in [6.07, 6.45) is 2.57. The molecule has 0 saturated heterocycles. The molecule has 1 aromatic rings. The number of aliphatic carboxylic acids is 1. The highest BCUT2D eigenvalue weighted by molar-refractivity contribution is 5.68. The van der Waals surface area contributed by atoms with Crippen molar-refractivity contribution in [1.29, 1.82) is 0 Å². The van der Waals surface area contributed by atoms with Crippen LogP contribution in [0.2, 0.25) is 0 Å². The van der Waals surface area contributed by atoms with Gasteiger partial charge in [0, 0.05) is 0 Å². The van der Waals surface area contributed by atoms with E-state index in [1.165, 1.54) is 6.07 Å². The summed E-state index contributed by atoms with van der Waals surface area (Å²) < 4.78 is 13.4. The Morgan fingerprint density at radius 3 is 3.07 bits per heavy atom. The molecule has 80 valence electrons. The summed E-state index contributed by atoms with van der Waals surface area (Å²) in [7, 11) is 0. The molecule has 0 aliphatic heterocycles. The standard InChI is InChI=1S/C12H13FO2/c13-11-6-2-4-9-8(7-12(14)15)3-1-5-10(9)11/h2,4,6,8H,1,3,5,7H2,(H,14,15). The molecule has 2 nitrogen and oxygen atoms in total. The Balaban J connectivity index is 2.34. The van der Waals surface area contributed by atoms with E-state index in [2.05, 4.69) is 0 Å². The van der Waals surface area contributed by atoms with Crippen LogP contribution in [0.15, 0.2) is 18.2 Å². The minimum atomic E-state index is -0.808. The van der Waals surface area contributed by atoms with Crippen LogP contribution in [0.4, 0.5) is 4.39 Å². The fourth-order valence-electron chi connectivity index (χ4n) is 2.33. The first-order valence-corrected chi connectivity index (χ1v) is 5.17. The quantitative estimate of drug-likeness (QED) is 0.811. The molecule has 0 aromatic heterocycles. The third-order valence-corrected chi connectivity index (χ3v) is 3.00. The number of carbonyl (C=O) groups is 1. The predicted octanol–water partition coefficient (Wildman–Crippen LogP) is 2.72. The van der Waals surface area contributed by atoms with Crippen LogP contribution in [0.1, 0.15) is 36.3 Å². The molecule has 1 unspecified atom stereocenters. The molecule has 0 amide bonds. The van der Waals surface area contributed by atoms with Gasteiger partial charge in [0.2, 0.25) is 0 Å². The second kappa shape index (κ2) is 4.01. The van der Waals surface area contributed by atoms with Gasteiger partial charge in [-0.1, -0.05) is 12.1 Å². The molecule has 0 heterocycles. The van der Waals surface area contributed by atoms with Crippen molar-refractivity contribution in [2.45, 2.75) is 31.6 Å². The van der Waals surface area contributed by atoms with Crippen LogP contribution in [0.25, 0.3) is 0 Å². The van der Waals surface area contributed by atoms with E-state index < -0.39 is 5.97 Å². The molecule has 1 aromatic carbocycles. The minimum Gasteiger partial charge on any atom is -0.481 e. The fourth-order valence-corrected chi connectivity index (χ4v) is 2.33. The summed E-state index contributed by atoms with van der Waals surface area (Å²) in [5.74, 6) is -1.01. The Labute approximate surface area is 87.7 Å². The van der Waals surface area contributed by atoms with Gasteiger partial charge >= 0.3 is 5.97 Å². The molecule has 1 aliphatic rings. The lowest BCUT2D eigenvalue weighted by molar-refractivity contribution is -0.137. The van der Waals surface area contributed by atoms with Gasteiger partial charge in [0.1, 0.15) is 5.82 Å². The Bertz CT molecular complexity index is 387. The Morgan fingerprint density at radius 2 is 2.33 bits per heavy atom. The summed E-state index contributed by atoms with van der Waals surface area (Å²) in [6.45, 7) is 0. The number of hydrogen-bond acceptors (Lipinski definition) is 1. The van der Waals surface area contributed by atoms with Gasteiger partial charge < -0.3 is 5.11 Å². The molecule has 0 saturated carbocycles. The van der Waals surface area contributed by atoms with Crippen LogP contribution in [0, 0.1) is 5.82 Å². The summed E-state index contributed by atoms with van der Waals surface area (Å²) >= 11 is 0. The van der Waals surface area contributed by atoms with E-state index in [0.29, 0.717) is 0 Å². The van der Waals surface area contributed by atoms with Crippen LogP contribution < -0.4 is 0 Å². The summed E-state index contributed by atoms with van der Waals surface area (Å²) in [5, 5.41) is 8.77. The van der Waals surface area contributed by atoms with Crippen LogP contribution in [0.5, 0.6) is 0 Å². The first-order valence-electron chi connectivity index (χ1n) is 5.17. The average molecular weight is 208 g/mol. The van der Waals surface area contributed by atoms with Crippen molar-refractivity contribution in [3.8, 4) is 0 Å². The van der Waals surface area contributed by atoms with Crippen LogP contribution in [-0.4, -0.2) is 11.1 Å². The number of benzene rings is 1.